The van der Waals surface area contributed by atoms with E-state index in [1.807, 2.05) is 0 Å². The molecule has 6 heteroatoms. The van der Waals surface area contributed by atoms with Gasteiger partial charge >= 0.3 is 0 Å². The maximum Gasteiger partial charge on any atom is 0.166 e. The summed E-state index contributed by atoms with van der Waals surface area (Å²) < 4.78 is 0. The molecule has 0 saturated carbocycles. The van der Waals surface area contributed by atoms with Crippen LogP contribution in [0.2, 0.25) is 0 Å². The van der Waals surface area contributed by atoms with Crippen molar-refractivity contribution in [2.24, 2.45) is 0 Å². The molecule has 0 aliphatic carbocycles. The number of benzene rings is 12. The third kappa shape index (κ3) is 21.9. The predicted octanol–water partition coefficient (Wildman–Crippen LogP) is 25.9. The molecule has 0 amide bonds. The molecular formula is C92H105S6+5. The Hall–Kier alpha value is -6.74. The molecule has 1 aliphatic heterocycles. The number of thioether (sulfide) groups is 1. The first-order valence-electron chi connectivity index (χ1n) is 35.1. The molecular weight excluding hydrogens is 1300 g/mol. The Labute approximate surface area is 610 Å². The summed E-state index contributed by atoms with van der Waals surface area (Å²) in [4.78, 5) is 15.6. The molecule has 0 aromatic heterocycles. The zero-order chi connectivity index (χ0) is 69.3. The van der Waals surface area contributed by atoms with Crippen molar-refractivity contribution in [2.75, 3.05) is 35.5 Å². The highest BCUT2D eigenvalue weighted by molar-refractivity contribution is 7.99. The molecule has 0 N–H and O–H groups in total. The summed E-state index contributed by atoms with van der Waals surface area (Å²) in [6, 6.07) is 109. The second-order valence-electron chi connectivity index (χ2n) is 27.1. The minimum Gasteiger partial charge on any atom is -0.130 e. The van der Waals surface area contributed by atoms with Gasteiger partial charge in [-0.15, -0.1) is 11.8 Å². The van der Waals surface area contributed by atoms with Gasteiger partial charge in [-0.2, -0.15) is 0 Å². The minimum atomic E-state index is -0.0847. The van der Waals surface area contributed by atoms with E-state index in [0.29, 0.717) is 21.8 Å². The Morgan fingerprint density at radius 1 is 0.357 bits per heavy atom. The summed E-state index contributed by atoms with van der Waals surface area (Å²) >= 11 is 1.79. The van der Waals surface area contributed by atoms with E-state index in [4.69, 9.17) is 0 Å². The average Bonchev–Trinajstić information content (AvgIpc) is 0.942. The smallest absolute Gasteiger partial charge is 0.130 e. The fourth-order valence-electron chi connectivity index (χ4n) is 11.7. The van der Waals surface area contributed by atoms with Crippen molar-refractivity contribution >= 4 is 87.8 Å². The van der Waals surface area contributed by atoms with Gasteiger partial charge in [0.2, 0.25) is 0 Å². The zero-order valence-electron chi connectivity index (χ0n) is 60.3. The molecule has 12 aromatic rings. The van der Waals surface area contributed by atoms with Crippen LogP contribution in [0.4, 0.5) is 0 Å². The topological polar surface area (TPSA) is 0 Å². The summed E-state index contributed by atoms with van der Waals surface area (Å²) in [5.74, 6) is 5.55. The first-order chi connectivity index (χ1) is 47.5. The molecule has 0 nitrogen and oxygen atoms in total. The van der Waals surface area contributed by atoms with Crippen molar-refractivity contribution in [3.63, 3.8) is 0 Å². The Balaban J connectivity index is 0.000000145. The molecule has 98 heavy (non-hydrogen) atoms. The summed E-state index contributed by atoms with van der Waals surface area (Å²) in [7, 11) is 1.04. The van der Waals surface area contributed by atoms with Gasteiger partial charge in [-0.25, -0.2) is 0 Å². The van der Waals surface area contributed by atoms with Crippen molar-refractivity contribution in [2.45, 2.75) is 172 Å². The van der Waals surface area contributed by atoms with Gasteiger partial charge in [0.1, 0.15) is 29.3 Å². The number of fused-ring (bicyclic) bond motifs is 2. The maximum absolute atomic E-state index is 2.36. The Bertz CT molecular complexity index is 4120. The molecule has 1 saturated heterocycles. The van der Waals surface area contributed by atoms with Crippen LogP contribution in [0.5, 0.6) is 0 Å². The Morgan fingerprint density at radius 2 is 0.694 bits per heavy atom. The van der Waals surface area contributed by atoms with Crippen molar-refractivity contribution < 1.29 is 0 Å². The van der Waals surface area contributed by atoms with Crippen LogP contribution in [0.25, 0.3) is 21.5 Å². The van der Waals surface area contributed by atoms with Crippen molar-refractivity contribution in [3.8, 4) is 0 Å². The molecule has 1 unspecified atom stereocenters. The first-order valence-corrected chi connectivity index (χ1v) is 43.5. The van der Waals surface area contributed by atoms with Crippen molar-refractivity contribution in [3.05, 3.63) is 320 Å². The third-order valence-corrected chi connectivity index (χ3v) is 29.8. The molecule has 1 atom stereocenters. The summed E-state index contributed by atoms with van der Waals surface area (Å²) in [6.07, 6.45) is 12.6. The second-order valence-corrected chi connectivity index (χ2v) is 38.5. The second kappa shape index (κ2) is 38.2. The van der Waals surface area contributed by atoms with Crippen LogP contribution in [0.1, 0.15) is 116 Å². The quantitative estimate of drug-likeness (QED) is 0.0647. The molecule has 504 valence electrons. The van der Waals surface area contributed by atoms with E-state index in [9.17, 15) is 0 Å². The molecule has 0 spiro atoms. The summed E-state index contributed by atoms with van der Waals surface area (Å²) in [6.45, 7) is 22.5. The lowest BCUT2D eigenvalue weighted by atomic mass is 9.87. The van der Waals surface area contributed by atoms with E-state index in [2.05, 4.69) is 379 Å². The number of rotatable bonds is 17. The average molecular weight is 1400 g/mol. The lowest BCUT2D eigenvalue weighted by Crippen LogP contribution is -2.13. The Morgan fingerprint density at radius 3 is 1.11 bits per heavy atom. The van der Waals surface area contributed by atoms with Crippen LogP contribution in [0.3, 0.4) is 0 Å². The van der Waals surface area contributed by atoms with E-state index in [1.165, 1.54) is 149 Å². The van der Waals surface area contributed by atoms with Crippen LogP contribution in [0.15, 0.2) is 351 Å². The molecule has 1 fully saturated rings. The molecule has 12 aromatic carbocycles. The highest BCUT2D eigenvalue weighted by Gasteiger charge is 2.32. The zero-order valence-corrected chi connectivity index (χ0v) is 65.2. The highest BCUT2D eigenvalue weighted by atomic mass is 32.2. The van der Waals surface area contributed by atoms with Gasteiger partial charge in [0, 0.05) is 37.5 Å². The van der Waals surface area contributed by atoms with E-state index >= 15 is 0 Å². The Kier molecular flexibility index (Phi) is 29.4. The lowest BCUT2D eigenvalue weighted by Gasteiger charge is -2.20. The fraction of sp³-hybridized carbons (Fsp3) is 0.261. The summed E-state index contributed by atoms with van der Waals surface area (Å²) in [5.41, 5.74) is 5.73. The van der Waals surface area contributed by atoms with Gasteiger partial charge in [-0.3, -0.25) is 0 Å². The van der Waals surface area contributed by atoms with Gasteiger partial charge < -0.3 is 0 Å². The van der Waals surface area contributed by atoms with Gasteiger partial charge in [0.25, 0.3) is 0 Å². The van der Waals surface area contributed by atoms with Crippen molar-refractivity contribution in [1.29, 1.82) is 0 Å². The maximum atomic E-state index is 2.36. The predicted molar refractivity (Wildman–Crippen MR) is 442 cm³/mol. The normalized spacial score (nSPS) is 12.6. The summed E-state index contributed by atoms with van der Waals surface area (Å²) in [5, 5.41) is 5.74. The number of unbranched alkanes of at least 4 members (excludes halogenated alkanes) is 2. The van der Waals surface area contributed by atoms with Gasteiger partial charge in [-0.1, -0.05) is 243 Å². The lowest BCUT2D eigenvalue weighted by molar-refractivity contribution is 0.589. The number of aryl methyl sites for hydroxylation is 2. The molecule has 1 heterocycles. The van der Waals surface area contributed by atoms with Crippen LogP contribution < -0.4 is 0 Å². The SMILES string of the molecule is CC(C)(C)c1ccc([S+](c2ccccc2)c2ccc(C(C)(C)C)cc2)cc1.CCCC[S+](CCCC)c1cccc2ccccc12.CSc1ccc([S+](C)c2ccccc2)cc1.Cc1ccc([S+](c2ccccc2)c2ccc(C)cc2)cc1.c1ccc2c([S+]3CCCC3)cccc2c1. The third-order valence-electron chi connectivity index (χ3n) is 17.5. The fourth-order valence-corrected chi connectivity index (χ4v) is 22.8. The highest BCUT2D eigenvalue weighted by Crippen LogP contribution is 2.37. The van der Waals surface area contributed by atoms with Gasteiger partial charge in [0.15, 0.2) is 49.0 Å². The molecule has 0 bridgehead atoms. The minimum absolute atomic E-state index is 0.0312. The van der Waals surface area contributed by atoms with Gasteiger partial charge in [-0.05, 0) is 212 Å². The van der Waals surface area contributed by atoms with Crippen LogP contribution in [0, 0.1) is 13.8 Å². The first kappa shape index (κ1) is 75.5. The van der Waals surface area contributed by atoms with E-state index in [0.717, 1.165) is 0 Å². The molecule has 0 radical (unpaired) electrons. The standard InChI is InChI=1S/C26H31S.C20H19S.C18H25S.C14H15S2.C14H15S/c1-25(2,3)20-12-16-23(17-13-20)27(22-10-8-7-9-11-22)24-18-14-21(15-19-24)26(4,5)6;1-16-8-12-19(13-9-16)21(18-6-4-3-5-7-18)20-14-10-17(2)11-15-20;1-3-5-14-19(15-6-4-2)18-13-9-11-16-10-7-8-12-17(16)18;1-15-12-8-10-14(11-9-12)16(2)13-6-4-3-5-7-13;1-2-8-13-12(6-1)7-5-9-14(13)15-10-3-4-11-15/h7-19H,1-6H3;3-15H,1-2H3;7-13H,3-6,14-15H2,1-2H3;3-11H,1-2H3;1-2,5-9H,3-4,10-11H2/q5*+1. The van der Waals surface area contributed by atoms with Crippen LogP contribution in [-0.4, -0.2) is 35.5 Å². The number of hydrogen-bond donors (Lipinski definition) is 0. The van der Waals surface area contributed by atoms with E-state index in [1.54, 1.807) is 21.6 Å². The molecule has 1 aliphatic rings. The largest absolute Gasteiger partial charge is 0.166 e. The molecule has 13 rings (SSSR count). The number of hydrogen-bond acceptors (Lipinski definition) is 1. The van der Waals surface area contributed by atoms with Gasteiger partial charge in [0.05, 0.1) is 32.7 Å². The van der Waals surface area contributed by atoms with Crippen molar-refractivity contribution in [1.82, 2.24) is 0 Å². The van der Waals surface area contributed by atoms with Crippen LogP contribution >= 0.6 is 11.8 Å². The monoisotopic (exact) mass is 1400 g/mol. The van der Waals surface area contributed by atoms with E-state index in [-0.39, 0.29) is 43.5 Å². The van der Waals surface area contributed by atoms with E-state index < -0.39 is 0 Å². The van der Waals surface area contributed by atoms with Crippen LogP contribution in [-0.2, 0) is 65.3 Å².